The highest BCUT2D eigenvalue weighted by atomic mass is 32.2. The first-order valence-corrected chi connectivity index (χ1v) is 35.0. The number of thioether (sulfide) groups is 1. The molecule has 1 aromatic carbocycles. The first-order valence-electron chi connectivity index (χ1n) is 29.8. The normalized spacial score (nSPS) is 20.7. The van der Waals surface area contributed by atoms with Crippen molar-refractivity contribution in [3.05, 3.63) is 112 Å². The molecule has 1 fully saturated rings. The lowest BCUT2D eigenvalue weighted by molar-refractivity contribution is -0.143. The van der Waals surface area contributed by atoms with Crippen molar-refractivity contribution in [1.82, 2.24) is 71.2 Å². The molecule has 0 spiro atoms. The van der Waals surface area contributed by atoms with E-state index < -0.39 is 78.4 Å². The number of nitrogens with one attached hydrogen (secondary N) is 5. The average molecular weight is 1380 g/mol. The zero-order valence-corrected chi connectivity index (χ0v) is 56.9. The molecule has 7 atom stereocenters. The Balaban J connectivity index is 0.938. The number of aromatic nitrogens is 6. The average Bonchev–Trinajstić information content (AvgIpc) is 2.03. The second-order valence-electron chi connectivity index (χ2n) is 22.9. The SMILES string of the molecule is CNC(=O)CC1NC(=O)c2csc(n2)-c2ccc(-c3ncc(C4=NC(C(=O)N5CCCC5C(=O)N(C)CCN(C)C)CO4)s3)nc2-c2csc(n2)C2CSC(=N2)C(C(O)c2ccccc2)NC(=O)CNC(=O)c2nc(sc2COC)C(C(C)C)NC(=O)c2nc1sc2C. The summed E-state index contributed by atoms with van der Waals surface area (Å²) < 4.78 is 11.5. The number of fused-ring (bicyclic) bond motifs is 13. The van der Waals surface area contributed by atoms with Crippen LogP contribution in [-0.2, 0) is 35.3 Å². The number of carbonyl (C=O) groups is 7. The minimum absolute atomic E-state index is 0.00341. The van der Waals surface area contributed by atoms with Crippen LogP contribution in [0.2, 0.25) is 0 Å². The molecule has 32 heteroatoms. The smallest absolute Gasteiger partial charge is 0.271 e. The summed E-state index contributed by atoms with van der Waals surface area (Å²) in [4.78, 5) is 143. The van der Waals surface area contributed by atoms with Gasteiger partial charge >= 0.3 is 0 Å². The number of carbonyl (C=O) groups excluding carboxylic acids is 7. The van der Waals surface area contributed by atoms with Gasteiger partial charge in [0.15, 0.2) is 6.04 Å². The van der Waals surface area contributed by atoms with Crippen molar-refractivity contribution in [3.63, 3.8) is 0 Å². The highest BCUT2D eigenvalue weighted by molar-refractivity contribution is 8.14. The molecule has 10 bridgehead atoms. The van der Waals surface area contributed by atoms with Crippen LogP contribution in [0.15, 0.2) is 69.4 Å². The van der Waals surface area contributed by atoms with Crippen molar-refractivity contribution in [1.29, 1.82) is 0 Å². The number of thiazole rings is 5. The summed E-state index contributed by atoms with van der Waals surface area (Å²) in [6, 6.07) is 7.75. The van der Waals surface area contributed by atoms with Crippen LogP contribution in [0.3, 0.4) is 0 Å². The number of ether oxygens (including phenoxy) is 2. The van der Waals surface area contributed by atoms with Crippen LogP contribution < -0.4 is 26.6 Å². The molecule has 0 saturated carbocycles. The Labute approximate surface area is 559 Å². The highest BCUT2D eigenvalue weighted by Crippen LogP contribution is 2.41. The second kappa shape index (κ2) is 29.2. The van der Waals surface area contributed by atoms with Gasteiger partial charge in [-0.1, -0.05) is 44.2 Å². The maximum atomic E-state index is 14.4. The maximum absolute atomic E-state index is 14.4. The first kappa shape index (κ1) is 66.6. The highest BCUT2D eigenvalue weighted by Gasteiger charge is 2.41. The Hall–Kier alpha value is -7.82. The van der Waals surface area contributed by atoms with E-state index in [2.05, 4.69) is 26.6 Å². The number of aryl methyl sites for hydroxylation is 1. The number of methoxy groups -OCH3 is 1. The molecule has 93 heavy (non-hydrogen) atoms. The predicted octanol–water partition coefficient (Wildman–Crippen LogP) is 5.86. The van der Waals surface area contributed by atoms with E-state index in [-0.39, 0.29) is 60.3 Å². The summed E-state index contributed by atoms with van der Waals surface area (Å²) in [5.41, 5.74) is 2.44. The van der Waals surface area contributed by atoms with Crippen LogP contribution in [0.4, 0.5) is 0 Å². The van der Waals surface area contributed by atoms with Crippen LogP contribution in [0.1, 0.15) is 124 Å². The lowest BCUT2D eigenvalue weighted by atomic mass is 10.0. The lowest BCUT2D eigenvalue weighted by Gasteiger charge is -2.29. The Bertz CT molecular complexity index is 4030. The van der Waals surface area contributed by atoms with E-state index in [1.807, 2.05) is 50.4 Å². The number of hydrogen-bond donors (Lipinski definition) is 6. The third kappa shape index (κ3) is 14.9. The number of nitrogens with zero attached hydrogens (tertiary/aromatic N) is 11. The molecule has 6 aromatic heterocycles. The van der Waals surface area contributed by atoms with Gasteiger partial charge in [-0.3, -0.25) is 38.6 Å². The molecular formula is C61H68N16O10S6. The van der Waals surface area contributed by atoms with Crippen LogP contribution in [-0.4, -0.2) is 194 Å². The Morgan fingerprint density at radius 1 is 0.817 bits per heavy atom. The fraction of sp³-hybridized carbons (Fsp3) is 0.426. The molecular weight excluding hydrogens is 1310 g/mol. The largest absolute Gasteiger partial charge is 0.474 e. The van der Waals surface area contributed by atoms with Gasteiger partial charge in [0.25, 0.3) is 23.6 Å². The van der Waals surface area contributed by atoms with Crippen LogP contribution in [0.25, 0.3) is 32.7 Å². The zero-order valence-electron chi connectivity index (χ0n) is 52.0. The van der Waals surface area contributed by atoms with E-state index >= 15 is 0 Å². The molecule has 4 aliphatic heterocycles. The van der Waals surface area contributed by atoms with Gasteiger partial charge in [-0.2, -0.15) is 0 Å². The molecule has 7 unspecified atom stereocenters. The van der Waals surface area contributed by atoms with Crippen LogP contribution in [0, 0.1) is 12.8 Å². The fourth-order valence-corrected chi connectivity index (χ4v) is 16.7. The number of rotatable bonds is 14. The number of aliphatic hydroxyl groups excluding tert-OH is 1. The topological polar surface area (TPSA) is 330 Å². The fourth-order valence-electron chi connectivity index (χ4n) is 10.7. The number of likely N-dealkylation sites (N-methyl/N-ethyl adjacent to an activating group) is 2. The van der Waals surface area contributed by atoms with Gasteiger partial charge in [0.05, 0.1) is 53.5 Å². The van der Waals surface area contributed by atoms with Gasteiger partial charge in [0.1, 0.15) is 89.2 Å². The number of aliphatic hydroxyl groups is 1. The van der Waals surface area contributed by atoms with Gasteiger partial charge < -0.3 is 55.9 Å². The predicted molar refractivity (Wildman–Crippen MR) is 357 cm³/mol. The molecule has 6 N–H and O–H groups in total. The first-order chi connectivity index (χ1) is 44.7. The van der Waals surface area contributed by atoms with E-state index in [0.29, 0.717) is 111 Å². The molecule has 4 aliphatic rings. The zero-order chi connectivity index (χ0) is 65.8. The van der Waals surface area contributed by atoms with Crippen molar-refractivity contribution >= 4 is 121 Å². The molecule has 0 radical (unpaired) electrons. The van der Waals surface area contributed by atoms with Gasteiger partial charge in [-0.05, 0) is 57.5 Å². The summed E-state index contributed by atoms with van der Waals surface area (Å²) in [5, 5.41) is 32.3. The Morgan fingerprint density at radius 2 is 1.60 bits per heavy atom. The summed E-state index contributed by atoms with van der Waals surface area (Å²) in [6.45, 7) is 6.67. The van der Waals surface area contributed by atoms with Gasteiger partial charge in [-0.25, -0.2) is 34.9 Å². The lowest BCUT2D eigenvalue weighted by Crippen LogP contribution is -2.50. The molecule has 488 valence electrons. The van der Waals surface area contributed by atoms with E-state index in [9.17, 15) is 38.7 Å². The summed E-state index contributed by atoms with van der Waals surface area (Å²) >= 11 is 7.47. The second-order valence-corrected chi connectivity index (χ2v) is 29.1. The minimum atomic E-state index is -1.25. The minimum Gasteiger partial charge on any atom is -0.474 e. The molecule has 26 nitrogen and oxygen atoms in total. The summed E-state index contributed by atoms with van der Waals surface area (Å²) in [6.07, 6.45) is 1.41. The Kier molecular flexibility index (Phi) is 20.9. The van der Waals surface area contributed by atoms with E-state index in [4.69, 9.17) is 49.4 Å². The molecule has 7 amide bonds. The molecule has 11 rings (SSSR count). The standard InChI is InChI=1S/C61H68N16O10S6/c1-29(2)44-59-74-47(41(93-59)25-86-8)51(82)63-23-43(79)71-48(49(80)31-13-10-9-11-14-31)58-70-38(28-90-58)56-68-36(26-89-56)46-32(54-69-37(27-88-54)50(81)66-34(21-42(78)62-4)57-73-45(30(3)91-57)52(83)72-44)16-17-33(65-46)55-64-22-40(92-55)53-67-35(24-87-53)60(84)77-18-12-15-39(77)61(85)76(7)20-19-75(5)6/h9-11,13-14,16-17,22,26-27,29,34-35,38-39,44,48-49,80H,12,15,18-21,23-25,28H2,1-8H3,(H,62,78)(H,63,82)(H,66,81)(H,71,79)(H,72,83). The number of hydrogen-bond acceptors (Lipinski definition) is 25. The molecule has 1 saturated heterocycles. The number of amides is 7. The quantitative estimate of drug-likeness (QED) is 0.0742. The van der Waals surface area contributed by atoms with E-state index in [0.717, 1.165) is 11.3 Å². The molecule has 10 heterocycles. The monoisotopic (exact) mass is 1380 g/mol. The van der Waals surface area contributed by atoms with E-state index in [1.54, 1.807) is 65.7 Å². The maximum Gasteiger partial charge on any atom is 0.271 e. The number of aliphatic imine (C=N–C) groups is 2. The third-order valence-corrected chi connectivity index (χ3v) is 21.9. The van der Waals surface area contributed by atoms with Crippen molar-refractivity contribution in [2.45, 2.75) is 89.0 Å². The number of likely N-dealkylation sites (tertiary alicyclic amines) is 1. The molecule has 7 aromatic rings. The third-order valence-electron chi connectivity index (χ3n) is 15.7. The van der Waals surface area contributed by atoms with E-state index in [1.165, 1.54) is 71.3 Å². The van der Waals surface area contributed by atoms with Crippen LogP contribution >= 0.6 is 68.4 Å². The van der Waals surface area contributed by atoms with Crippen LogP contribution in [0.5, 0.6) is 0 Å². The number of pyridine rings is 1. The van der Waals surface area contributed by atoms with Crippen molar-refractivity contribution < 1.29 is 48.1 Å². The van der Waals surface area contributed by atoms with Gasteiger partial charge in [-0.15, -0.1) is 68.4 Å². The van der Waals surface area contributed by atoms with Gasteiger partial charge in [0.2, 0.25) is 23.6 Å². The van der Waals surface area contributed by atoms with Crippen molar-refractivity contribution in [3.8, 4) is 32.7 Å². The summed E-state index contributed by atoms with van der Waals surface area (Å²) in [7, 11) is 8.60. The number of benzene rings is 1. The van der Waals surface area contributed by atoms with Crippen molar-refractivity contribution in [2.75, 3.05) is 73.8 Å². The Morgan fingerprint density at radius 3 is 2.37 bits per heavy atom. The molecule has 0 aliphatic carbocycles. The van der Waals surface area contributed by atoms with Gasteiger partial charge in [0, 0.05) is 67.8 Å². The summed E-state index contributed by atoms with van der Waals surface area (Å²) in [5.74, 6) is -2.81. The van der Waals surface area contributed by atoms with Crippen molar-refractivity contribution in [2.24, 2.45) is 15.9 Å².